The summed E-state index contributed by atoms with van der Waals surface area (Å²) in [5.41, 5.74) is 8.25. The molecule has 0 radical (unpaired) electrons. The van der Waals surface area contributed by atoms with E-state index in [1.54, 1.807) is 0 Å². The first kappa shape index (κ1) is 8.52. The number of nitrogens with one attached hydrogen (secondary N) is 2. The molecule has 0 amide bonds. The number of aromatic nitrogens is 3. The van der Waals surface area contributed by atoms with E-state index in [4.69, 9.17) is 5.73 Å². The predicted molar refractivity (Wildman–Crippen MR) is 54.0 cm³/mol. The fourth-order valence-electron chi connectivity index (χ4n) is 1.16. The standard InChI is InChI=1S/C8H9BrN4/c9-7-6(4-10)12-13-8(7)5-2-1-3-11-5/h1-3,11H,4,10H2,(H,12,13). The van der Waals surface area contributed by atoms with Crippen molar-refractivity contribution in [1.29, 1.82) is 0 Å². The van der Waals surface area contributed by atoms with Gasteiger partial charge < -0.3 is 10.7 Å². The largest absolute Gasteiger partial charge is 0.360 e. The van der Waals surface area contributed by atoms with Gasteiger partial charge in [0.05, 0.1) is 15.9 Å². The van der Waals surface area contributed by atoms with Crippen LogP contribution in [0.1, 0.15) is 5.69 Å². The van der Waals surface area contributed by atoms with Crippen molar-refractivity contribution in [1.82, 2.24) is 15.2 Å². The van der Waals surface area contributed by atoms with Crippen LogP contribution in [-0.2, 0) is 6.54 Å². The summed E-state index contributed by atoms with van der Waals surface area (Å²) in [5.74, 6) is 0. The first-order valence-electron chi connectivity index (χ1n) is 3.89. The van der Waals surface area contributed by atoms with Crippen LogP contribution in [0.2, 0.25) is 0 Å². The Balaban J connectivity index is 2.48. The van der Waals surface area contributed by atoms with Crippen molar-refractivity contribution in [3.8, 4) is 11.4 Å². The van der Waals surface area contributed by atoms with Gasteiger partial charge in [-0.25, -0.2) is 0 Å². The smallest absolute Gasteiger partial charge is 0.123 e. The molecular formula is C8H9BrN4. The number of hydrogen-bond acceptors (Lipinski definition) is 2. The van der Waals surface area contributed by atoms with Gasteiger partial charge in [-0.2, -0.15) is 5.10 Å². The molecule has 0 bridgehead atoms. The minimum Gasteiger partial charge on any atom is -0.360 e. The Bertz CT molecular complexity index is 390. The average Bonchev–Trinajstić information content (AvgIpc) is 2.72. The number of H-pyrrole nitrogens is 2. The molecule has 0 spiro atoms. The van der Waals surface area contributed by atoms with E-state index in [2.05, 4.69) is 31.1 Å². The summed E-state index contributed by atoms with van der Waals surface area (Å²) >= 11 is 3.44. The Kier molecular flexibility index (Phi) is 2.20. The van der Waals surface area contributed by atoms with Gasteiger partial charge in [-0.3, -0.25) is 5.10 Å². The van der Waals surface area contributed by atoms with Crippen molar-refractivity contribution in [3.05, 3.63) is 28.5 Å². The summed E-state index contributed by atoms with van der Waals surface area (Å²) in [4.78, 5) is 3.08. The highest BCUT2D eigenvalue weighted by molar-refractivity contribution is 9.10. The predicted octanol–water partition coefficient (Wildman–Crippen LogP) is 1.63. The molecule has 0 aliphatic heterocycles. The monoisotopic (exact) mass is 240 g/mol. The fraction of sp³-hybridized carbons (Fsp3) is 0.125. The maximum absolute atomic E-state index is 5.51. The Labute approximate surface area is 83.7 Å². The van der Waals surface area contributed by atoms with Crippen LogP contribution in [0, 0.1) is 0 Å². The molecule has 0 unspecified atom stereocenters. The molecule has 5 heteroatoms. The van der Waals surface area contributed by atoms with Gasteiger partial charge >= 0.3 is 0 Å². The lowest BCUT2D eigenvalue weighted by Crippen LogP contribution is -1.96. The summed E-state index contributed by atoms with van der Waals surface area (Å²) in [7, 11) is 0. The number of aromatic amines is 2. The lowest BCUT2D eigenvalue weighted by molar-refractivity contribution is 0.944. The number of nitrogens with two attached hydrogens (primary N) is 1. The summed E-state index contributed by atoms with van der Waals surface area (Å²) in [6.45, 7) is 0.453. The molecule has 2 rings (SSSR count). The fourth-order valence-corrected chi connectivity index (χ4v) is 1.71. The second-order valence-corrected chi connectivity index (χ2v) is 3.45. The van der Waals surface area contributed by atoms with Crippen LogP contribution in [0.15, 0.2) is 22.8 Å². The van der Waals surface area contributed by atoms with Crippen molar-refractivity contribution in [2.45, 2.75) is 6.54 Å². The Morgan fingerprint density at radius 2 is 2.38 bits per heavy atom. The Hall–Kier alpha value is -1.07. The van der Waals surface area contributed by atoms with Crippen molar-refractivity contribution >= 4 is 15.9 Å². The molecule has 0 saturated carbocycles. The van der Waals surface area contributed by atoms with Crippen LogP contribution >= 0.6 is 15.9 Å². The molecule has 4 N–H and O–H groups in total. The molecule has 0 atom stereocenters. The first-order chi connectivity index (χ1) is 6.33. The highest BCUT2D eigenvalue weighted by Crippen LogP contribution is 2.26. The zero-order valence-electron chi connectivity index (χ0n) is 6.84. The summed E-state index contributed by atoms with van der Waals surface area (Å²) in [6.07, 6.45) is 1.86. The third-order valence-corrected chi connectivity index (χ3v) is 2.69. The van der Waals surface area contributed by atoms with Crippen LogP contribution < -0.4 is 5.73 Å². The molecule has 0 fully saturated rings. The summed E-state index contributed by atoms with van der Waals surface area (Å²) in [5, 5.41) is 7.02. The van der Waals surface area contributed by atoms with Crippen LogP contribution in [0.25, 0.3) is 11.4 Å². The summed E-state index contributed by atoms with van der Waals surface area (Å²) in [6, 6.07) is 3.89. The molecule has 2 aromatic heterocycles. The average molecular weight is 241 g/mol. The first-order valence-corrected chi connectivity index (χ1v) is 4.69. The quantitative estimate of drug-likeness (QED) is 0.747. The van der Waals surface area contributed by atoms with E-state index >= 15 is 0 Å². The number of nitrogens with zero attached hydrogens (tertiary/aromatic N) is 1. The van der Waals surface area contributed by atoms with Gasteiger partial charge in [0.25, 0.3) is 0 Å². The van der Waals surface area contributed by atoms with E-state index < -0.39 is 0 Å². The van der Waals surface area contributed by atoms with Gasteiger partial charge in [0.1, 0.15) is 5.69 Å². The molecule has 2 heterocycles. The van der Waals surface area contributed by atoms with Crippen molar-refractivity contribution < 1.29 is 0 Å². The SMILES string of the molecule is NCc1[nH]nc(-c2ccc[nH]2)c1Br. The van der Waals surface area contributed by atoms with Crippen molar-refractivity contribution in [2.75, 3.05) is 0 Å². The van der Waals surface area contributed by atoms with Gasteiger partial charge in [-0.05, 0) is 28.1 Å². The van der Waals surface area contributed by atoms with Crippen LogP contribution in [0.5, 0.6) is 0 Å². The molecule has 0 aliphatic carbocycles. The lowest BCUT2D eigenvalue weighted by Gasteiger charge is -1.92. The lowest BCUT2D eigenvalue weighted by atomic mass is 10.3. The number of hydrogen-bond donors (Lipinski definition) is 3. The third kappa shape index (κ3) is 1.40. The van der Waals surface area contributed by atoms with Crippen LogP contribution in [0.3, 0.4) is 0 Å². The zero-order chi connectivity index (χ0) is 9.26. The third-order valence-electron chi connectivity index (χ3n) is 1.83. The van der Waals surface area contributed by atoms with Gasteiger partial charge in [-0.1, -0.05) is 0 Å². The topological polar surface area (TPSA) is 70.5 Å². The molecule has 0 saturated heterocycles. The van der Waals surface area contributed by atoms with Crippen LogP contribution in [0.4, 0.5) is 0 Å². The van der Waals surface area contributed by atoms with Crippen molar-refractivity contribution in [3.63, 3.8) is 0 Å². The molecule has 0 aliphatic rings. The van der Waals surface area contributed by atoms with Gasteiger partial charge in [0.15, 0.2) is 0 Å². The molecular weight excluding hydrogens is 232 g/mol. The van der Waals surface area contributed by atoms with E-state index in [-0.39, 0.29) is 0 Å². The van der Waals surface area contributed by atoms with E-state index in [1.807, 2.05) is 18.3 Å². The second kappa shape index (κ2) is 3.35. The Morgan fingerprint density at radius 1 is 1.54 bits per heavy atom. The maximum Gasteiger partial charge on any atom is 0.123 e. The van der Waals surface area contributed by atoms with Crippen LogP contribution in [-0.4, -0.2) is 15.2 Å². The zero-order valence-corrected chi connectivity index (χ0v) is 8.43. The summed E-state index contributed by atoms with van der Waals surface area (Å²) < 4.78 is 0.928. The second-order valence-electron chi connectivity index (χ2n) is 2.65. The molecule has 68 valence electrons. The van der Waals surface area contributed by atoms with Crippen molar-refractivity contribution in [2.24, 2.45) is 5.73 Å². The normalized spacial score (nSPS) is 10.6. The molecule has 4 nitrogen and oxygen atoms in total. The molecule has 0 aromatic carbocycles. The van der Waals surface area contributed by atoms with E-state index in [1.165, 1.54) is 0 Å². The van der Waals surface area contributed by atoms with E-state index in [9.17, 15) is 0 Å². The molecule has 2 aromatic rings. The number of rotatable bonds is 2. The van der Waals surface area contributed by atoms with Gasteiger partial charge in [-0.15, -0.1) is 0 Å². The van der Waals surface area contributed by atoms with E-state index in [0.29, 0.717) is 6.54 Å². The minimum absolute atomic E-state index is 0.453. The minimum atomic E-state index is 0.453. The highest BCUT2D eigenvalue weighted by Gasteiger charge is 2.10. The maximum atomic E-state index is 5.51. The molecule has 13 heavy (non-hydrogen) atoms. The Morgan fingerprint density at radius 3 is 2.92 bits per heavy atom. The van der Waals surface area contributed by atoms with Gasteiger partial charge in [0, 0.05) is 12.7 Å². The van der Waals surface area contributed by atoms with E-state index in [0.717, 1.165) is 21.6 Å². The highest BCUT2D eigenvalue weighted by atomic mass is 79.9. The number of halogens is 1. The van der Waals surface area contributed by atoms with Gasteiger partial charge in [0.2, 0.25) is 0 Å².